The number of hydrogen-bond donors (Lipinski definition) is 2. The van der Waals surface area contributed by atoms with Gasteiger partial charge in [-0.15, -0.1) is 12.4 Å². The Morgan fingerprint density at radius 2 is 2.23 bits per heavy atom. The number of carbonyl (C=O) groups is 1. The van der Waals surface area contributed by atoms with Crippen LogP contribution in [0.25, 0.3) is 0 Å². The number of hydrogen-bond acceptors (Lipinski definition) is 3. The molecule has 0 spiro atoms. The second-order valence-electron chi connectivity index (χ2n) is 5.21. The second-order valence-corrected chi connectivity index (χ2v) is 5.21. The van der Waals surface area contributed by atoms with Gasteiger partial charge >= 0.3 is 0 Å². The van der Waals surface area contributed by atoms with Crippen LogP contribution in [0.2, 0.25) is 0 Å². The van der Waals surface area contributed by atoms with Gasteiger partial charge in [-0.1, -0.05) is 12.1 Å². The van der Waals surface area contributed by atoms with Crippen molar-refractivity contribution in [3.05, 3.63) is 53.1 Å². The summed E-state index contributed by atoms with van der Waals surface area (Å²) in [4.78, 5) is 14.4. The van der Waals surface area contributed by atoms with Gasteiger partial charge in [0.1, 0.15) is 11.5 Å². The molecule has 1 unspecified atom stereocenters. The fourth-order valence-corrected chi connectivity index (χ4v) is 2.63. The van der Waals surface area contributed by atoms with Crippen molar-refractivity contribution in [2.45, 2.75) is 13.0 Å². The standard InChI is InChI=1S/C15H17FN4O.ClH/c1-10-7-13(19-18-10)15(21)20-6-5-17-9-14(20)11-3-2-4-12(16)8-11;/h2-4,7-8,14,17H,5-6,9H2,1H3,(H,18,19);1H. The van der Waals surface area contributed by atoms with E-state index in [1.165, 1.54) is 12.1 Å². The minimum Gasteiger partial charge on any atom is -0.328 e. The zero-order valence-electron chi connectivity index (χ0n) is 12.2. The molecule has 1 fully saturated rings. The number of piperazine rings is 1. The van der Waals surface area contributed by atoms with Crippen LogP contribution in [-0.2, 0) is 0 Å². The summed E-state index contributed by atoms with van der Waals surface area (Å²) in [5, 5.41) is 10.1. The Morgan fingerprint density at radius 1 is 1.41 bits per heavy atom. The lowest BCUT2D eigenvalue weighted by Gasteiger charge is -2.36. The summed E-state index contributed by atoms with van der Waals surface area (Å²) in [6.07, 6.45) is 0. The predicted molar refractivity (Wildman–Crippen MR) is 83.6 cm³/mol. The molecule has 1 amide bonds. The van der Waals surface area contributed by atoms with Crippen molar-refractivity contribution >= 4 is 18.3 Å². The van der Waals surface area contributed by atoms with Gasteiger partial charge in [0.25, 0.3) is 5.91 Å². The average molecular weight is 325 g/mol. The van der Waals surface area contributed by atoms with Crippen LogP contribution in [0.1, 0.15) is 27.8 Å². The molecule has 5 nitrogen and oxygen atoms in total. The summed E-state index contributed by atoms with van der Waals surface area (Å²) in [5.41, 5.74) is 2.04. The number of carbonyl (C=O) groups excluding carboxylic acids is 1. The van der Waals surface area contributed by atoms with E-state index < -0.39 is 0 Å². The summed E-state index contributed by atoms with van der Waals surface area (Å²) >= 11 is 0. The van der Waals surface area contributed by atoms with E-state index in [1.807, 2.05) is 13.0 Å². The quantitative estimate of drug-likeness (QED) is 0.889. The molecule has 118 valence electrons. The van der Waals surface area contributed by atoms with E-state index in [1.54, 1.807) is 17.0 Å². The number of aromatic amines is 1. The zero-order chi connectivity index (χ0) is 14.8. The van der Waals surface area contributed by atoms with Gasteiger partial charge in [0.2, 0.25) is 0 Å². The minimum atomic E-state index is -0.291. The lowest BCUT2D eigenvalue weighted by atomic mass is 10.0. The molecule has 2 N–H and O–H groups in total. The normalized spacial score (nSPS) is 17.9. The maximum absolute atomic E-state index is 13.4. The Balaban J connectivity index is 0.00000176. The van der Waals surface area contributed by atoms with Gasteiger partial charge < -0.3 is 10.2 Å². The fraction of sp³-hybridized carbons (Fsp3) is 0.333. The molecule has 0 radical (unpaired) electrons. The lowest BCUT2D eigenvalue weighted by Crippen LogP contribution is -2.48. The Labute approximate surface area is 134 Å². The van der Waals surface area contributed by atoms with Crippen LogP contribution in [0.3, 0.4) is 0 Å². The molecule has 1 aliphatic rings. The van der Waals surface area contributed by atoms with Crippen molar-refractivity contribution in [1.82, 2.24) is 20.4 Å². The van der Waals surface area contributed by atoms with Crippen molar-refractivity contribution in [3.63, 3.8) is 0 Å². The first kappa shape index (κ1) is 16.5. The molecule has 3 rings (SSSR count). The maximum atomic E-state index is 13.4. The fourth-order valence-electron chi connectivity index (χ4n) is 2.63. The highest BCUT2D eigenvalue weighted by atomic mass is 35.5. The number of nitrogens with zero attached hydrogens (tertiary/aromatic N) is 2. The van der Waals surface area contributed by atoms with Crippen molar-refractivity contribution < 1.29 is 9.18 Å². The van der Waals surface area contributed by atoms with E-state index in [9.17, 15) is 9.18 Å². The molecule has 2 aromatic rings. The average Bonchev–Trinajstić information content (AvgIpc) is 2.93. The molecule has 7 heteroatoms. The molecule has 0 aliphatic carbocycles. The van der Waals surface area contributed by atoms with Crippen molar-refractivity contribution in [3.8, 4) is 0 Å². The number of aromatic nitrogens is 2. The van der Waals surface area contributed by atoms with Gasteiger partial charge in [-0.25, -0.2) is 4.39 Å². The monoisotopic (exact) mass is 324 g/mol. The summed E-state index contributed by atoms with van der Waals surface area (Å²) in [7, 11) is 0. The molecular weight excluding hydrogens is 307 g/mol. The third-order valence-electron chi connectivity index (χ3n) is 3.66. The van der Waals surface area contributed by atoms with Crippen LogP contribution < -0.4 is 5.32 Å². The third kappa shape index (κ3) is 3.28. The van der Waals surface area contributed by atoms with Crippen molar-refractivity contribution in [2.24, 2.45) is 0 Å². The molecule has 0 saturated carbocycles. The van der Waals surface area contributed by atoms with E-state index in [-0.39, 0.29) is 30.2 Å². The van der Waals surface area contributed by atoms with E-state index >= 15 is 0 Å². The van der Waals surface area contributed by atoms with Gasteiger partial charge in [-0.2, -0.15) is 5.10 Å². The van der Waals surface area contributed by atoms with Crippen LogP contribution in [-0.4, -0.2) is 40.6 Å². The van der Waals surface area contributed by atoms with Crippen LogP contribution in [0, 0.1) is 12.7 Å². The number of nitrogens with one attached hydrogen (secondary N) is 2. The van der Waals surface area contributed by atoms with Crippen LogP contribution in [0.15, 0.2) is 30.3 Å². The number of H-pyrrole nitrogens is 1. The van der Waals surface area contributed by atoms with E-state index in [0.717, 1.165) is 17.8 Å². The number of benzene rings is 1. The highest BCUT2D eigenvalue weighted by Gasteiger charge is 2.29. The molecule has 2 heterocycles. The Kier molecular flexibility index (Phi) is 5.15. The van der Waals surface area contributed by atoms with E-state index in [0.29, 0.717) is 18.8 Å². The number of halogens is 2. The van der Waals surface area contributed by atoms with Crippen molar-refractivity contribution in [1.29, 1.82) is 0 Å². The smallest absolute Gasteiger partial charge is 0.274 e. The number of rotatable bonds is 2. The molecule has 1 aromatic carbocycles. The highest BCUT2D eigenvalue weighted by Crippen LogP contribution is 2.24. The topological polar surface area (TPSA) is 61.0 Å². The summed E-state index contributed by atoms with van der Waals surface area (Å²) in [6.45, 7) is 3.76. The predicted octanol–water partition coefficient (Wildman–Crippen LogP) is 2.07. The van der Waals surface area contributed by atoms with Gasteiger partial charge in [0, 0.05) is 25.3 Å². The largest absolute Gasteiger partial charge is 0.328 e. The highest BCUT2D eigenvalue weighted by molar-refractivity contribution is 5.92. The Bertz CT molecular complexity index is 660. The molecule has 1 aromatic heterocycles. The van der Waals surface area contributed by atoms with Crippen LogP contribution >= 0.6 is 12.4 Å². The van der Waals surface area contributed by atoms with E-state index in [4.69, 9.17) is 0 Å². The SMILES string of the molecule is Cc1cc(C(=O)N2CCNCC2c2cccc(F)c2)n[nH]1.Cl. The molecule has 22 heavy (non-hydrogen) atoms. The lowest BCUT2D eigenvalue weighted by molar-refractivity contribution is 0.0628. The molecule has 1 atom stereocenters. The Hall–Kier alpha value is -1.92. The minimum absolute atomic E-state index is 0. The Morgan fingerprint density at radius 3 is 2.91 bits per heavy atom. The second kappa shape index (κ2) is 6.89. The molecule has 1 saturated heterocycles. The van der Waals surface area contributed by atoms with Crippen molar-refractivity contribution in [2.75, 3.05) is 19.6 Å². The first-order valence-corrected chi connectivity index (χ1v) is 6.94. The zero-order valence-corrected chi connectivity index (χ0v) is 13.0. The van der Waals surface area contributed by atoms with Gasteiger partial charge in [-0.3, -0.25) is 9.89 Å². The van der Waals surface area contributed by atoms with Crippen LogP contribution in [0.5, 0.6) is 0 Å². The van der Waals surface area contributed by atoms with Gasteiger partial charge in [0.15, 0.2) is 0 Å². The first-order chi connectivity index (χ1) is 10.1. The summed E-state index contributed by atoms with van der Waals surface area (Å²) < 4.78 is 13.4. The summed E-state index contributed by atoms with van der Waals surface area (Å²) in [5.74, 6) is -0.420. The molecular formula is C15H18ClFN4O. The number of amides is 1. The molecule has 0 bridgehead atoms. The van der Waals surface area contributed by atoms with E-state index in [2.05, 4.69) is 15.5 Å². The third-order valence-corrected chi connectivity index (χ3v) is 3.66. The van der Waals surface area contributed by atoms with Gasteiger partial charge in [-0.05, 0) is 30.7 Å². The number of aryl methyl sites for hydroxylation is 1. The maximum Gasteiger partial charge on any atom is 0.274 e. The summed E-state index contributed by atoms with van der Waals surface area (Å²) in [6, 6.07) is 7.94. The molecule has 1 aliphatic heterocycles. The van der Waals surface area contributed by atoms with Crippen LogP contribution in [0.4, 0.5) is 4.39 Å². The first-order valence-electron chi connectivity index (χ1n) is 6.94. The van der Waals surface area contributed by atoms with Gasteiger partial charge in [0.05, 0.1) is 6.04 Å².